The van der Waals surface area contributed by atoms with Gasteiger partial charge < -0.3 is 14.8 Å². The van der Waals surface area contributed by atoms with Gasteiger partial charge in [-0.15, -0.1) is 0 Å². The van der Waals surface area contributed by atoms with Crippen molar-refractivity contribution in [1.29, 1.82) is 5.26 Å². The molecule has 1 amide bonds. The fraction of sp³-hybridized carbons (Fsp3) is 0.312. The van der Waals surface area contributed by atoms with E-state index >= 15 is 0 Å². The fourth-order valence-electron chi connectivity index (χ4n) is 2.69. The topological polar surface area (TPSA) is 74.0 Å². The lowest BCUT2D eigenvalue weighted by atomic mass is 10.2. The number of hydrogen-bond acceptors (Lipinski definition) is 4. The summed E-state index contributed by atoms with van der Waals surface area (Å²) >= 11 is 6.08. The van der Waals surface area contributed by atoms with Crippen molar-refractivity contribution in [2.24, 2.45) is 7.05 Å². The number of carbonyl (C=O) groups excluding carboxylic acids is 1. The summed E-state index contributed by atoms with van der Waals surface area (Å²) < 4.78 is 1.74. The van der Waals surface area contributed by atoms with Crippen LogP contribution in [-0.4, -0.2) is 34.6 Å². The first-order valence-electron chi connectivity index (χ1n) is 7.30. The SMILES string of the molecule is Cn1cnc(C(=O)NC2CCN(c3ccc(C#N)c(Cl)c3)C2)c1. The molecule has 3 rings (SSSR count). The Balaban J connectivity index is 1.63. The molecule has 1 fully saturated rings. The number of aryl methyl sites for hydroxylation is 1. The van der Waals surface area contributed by atoms with E-state index in [1.807, 2.05) is 13.1 Å². The molecule has 118 valence electrons. The van der Waals surface area contributed by atoms with Crippen molar-refractivity contribution in [2.75, 3.05) is 18.0 Å². The highest BCUT2D eigenvalue weighted by Crippen LogP contribution is 2.26. The second-order valence-electron chi connectivity index (χ2n) is 5.61. The number of halogens is 1. The second kappa shape index (κ2) is 6.31. The summed E-state index contributed by atoms with van der Waals surface area (Å²) in [7, 11) is 1.83. The first-order chi connectivity index (χ1) is 11.1. The molecular weight excluding hydrogens is 314 g/mol. The number of nitriles is 1. The summed E-state index contributed by atoms with van der Waals surface area (Å²) in [4.78, 5) is 18.3. The number of nitrogens with zero attached hydrogens (tertiary/aromatic N) is 4. The van der Waals surface area contributed by atoms with Gasteiger partial charge in [0.2, 0.25) is 0 Å². The average Bonchev–Trinajstić information content (AvgIpc) is 3.16. The van der Waals surface area contributed by atoms with Crippen molar-refractivity contribution in [3.05, 3.63) is 47.0 Å². The summed E-state index contributed by atoms with van der Waals surface area (Å²) in [6.07, 6.45) is 4.16. The Hall–Kier alpha value is -2.52. The standard InChI is InChI=1S/C16H16ClN5O/c1-21-9-15(19-10-21)16(23)20-12-4-5-22(8-12)13-3-2-11(7-18)14(17)6-13/h2-3,6,9-10,12H,4-5,8H2,1H3,(H,20,23). The maximum Gasteiger partial charge on any atom is 0.271 e. The van der Waals surface area contributed by atoms with E-state index < -0.39 is 0 Å². The zero-order valence-electron chi connectivity index (χ0n) is 12.7. The van der Waals surface area contributed by atoms with Gasteiger partial charge in [-0.25, -0.2) is 4.98 Å². The van der Waals surface area contributed by atoms with Gasteiger partial charge in [-0.2, -0.15) is 5.26 Å². The highest BCUT2D eigenvalue weighted by atomic mass is 35.5. The summed E-state index contributed by atoms with van der Waals surface area (Å²) in [5, 5.41) is 12.4. The maximum atomic E-state index is 12.1. The highest BCUT2D eigenvalue weighted by molar-refractivity contribution is 6.32. The highest BCUT2D eigenvalue weighted by Gasteiger charge is 2.25. The second-order valence-corrected chi connectivity index (χ2v) is 6.01. The lowest BCUT2D eigenvalue weighted by Crippen LogP contribution is -2.37. The van der Waals surface area contributed by atoms with Gasteiger partial charge in [0.15, 0.2) is 0 Å². The van der Waals surface area contributed by atoms with E-state index in [-0.39, 0.29) is 11.9 Å². The van der Waals surface area contributed by atoms with Gasteiger partial charge in [0, 0.05) is 38.1 Å². The van der Waals surface area contributed by atoms with E-state index in [0.29, 0.717) is 22.8 Å². The quantitative estimate of drug-likeness (QED) is 0.934. The summed E-state index contributed by atoms with van der Waals surface area (Å²) in [5.74, 6) is -0.157. The van der Waals surface area contributed by atoms with Crippen LogP contribution in [0.4, 0.5) is 5.69 Å². The van der Waals surface area contributed by atoms with Gasteiger partial charge in [0.1, 0.15) is 11.8 Å². The number of nitrogens with one attached hydrogen (secondary N) is 1. The summed E-state index contributed by atoms with van der Waals surface area (Å²) in [6.45, 7) is 1.54. The molecule has 1 atom stereocenters. The molecule has 0 aliphatic carbocycles. The van der Waals surface area contributed by atoms with E-state index in [1.54, 1.807) is 29.2 Å². The Morgan fingerprint density at radius 1 is 1.52 bits per heavy atom. The van der Waals surface area contributed by atoms with Crippen LogP contribution in [0.3, 0.4) is 0 Å². The molecule has 0 bridgehead atoms. The van der Waals surface area contributed by atoms with Crippen molar-refractivity contribution in [1.82, 2.24) is 14.9 Å². The molecule has 2 aromatic rings. The molecule has 2 heterocycles. The van der Waals surface area contributed by atoms with Crippen LogP contribution in [0.2, 0.25) is 5.02 Å². The third-order valence-corrected chi connectivity index (χ3v) is 4.21. The zero-order chi connectivity index (χ0) is 16.4. The van der Waals surface area contributed by atoms with Crippen molar-refractivity contribution in [3.63, 3.8) is 0 Å². The monoisotopic (exact) mass is 329 g/mol. The van der Waals surface area contributed by atoms with Gasteiger partial charge in [0.25, 0.3) is 5.91 Å². The Kier molecular flexibility index (Phi) is 4.22. The predicted molar refractivity (Wildman–Crippen MR) is 87.5 cm³/mol. The van der Waals surface area contributed by atoms with Crippen LogP contribution >= 0.6 is 11.6 Å². The molecule has 0 spiro atoms. The molecule has 1 aliphatic heterocycles. The van der Waals surface area contributed by atoms with Gasteiger partial charge in [0.05, 0.1) is 16.9 Å². The van der Waals surface area contributed by atoms with Gasteiger partial charge in [-0.05, 0) is 24.6 Å². The van der Waals surface area contributed by atoms with Crippen molar-refractivity contribution < 1.29 is 4.79 Å². The first kappa shape index (κ1) is 15.4. The minimum absolute atomic E-state index is 0.0684. The van der Waals surface area contributed by atoms with Crippen molar-refractivity contribution in [3.8, 4) is 6.07 Å². The maximum absolute atomic E-state index is 12.1. The minimum atomic E-state index is -0.157. The molecule has 7 heteroatoms. The molecule has 1 unspecified atom stereocenters. The van der Waals surface area contributed by atoms with Crippen LogP contribution in [0, 0.1) is 11.3 Å². The van der Waals surface area contributed by atoms with Gasteiger partial charge in [-0.1, -0.05) is 11.6 Å². The average molecular weight is 330 g/mol. The third kappa shape index (κ3) is 3.30. The lowest BCUT2D eigenvalue weighted by Gasteiger charge is -2.19. The van der Waals surface area contributed by atoms with Crippen LogP contribution < -0.4 is 10.2 Å². The number of amides is 1. The van der Waals surface area contributed by atoms with Gasteiger partial charge >= 0.3 is 0 Å². The van der Waals surface area contributed by atoms with E-state index in [9.17, 15) is 4.79 Å². The minimum Gasteiger partial charge on any atom is -0.369 e. The van der Waals surface area contributed by atoms with E-state index in [0.717, 1.165) is 18.7 Å². The molecule has 1 aromatic heterocycles. The molecule has 1 saturated heterocycles. The Labute approximate surface area is 139 Å². The van der Waals surface area contributed by atoms with E-state index in [4.69, 9.17) is 16.9 Å². The number of anilines is 1. The molecule has 23 heavy (non-hydrogen) atoms. The number of hydrogen-bond donors (Lipinski definition) is 1. The number of rotatable bonds is 3. The van der Waals surface area contributed by atoms with Crippen molar-refractivity contribution >= 4 is 23.2 Å². The number of imidazole rings is 1. The predicted octanol–water partition coefficient (Wildman–Crippen LogP) is 1.95. The molecule has 1 aromatic carbocycles. The lowest BCUT2D eigenvalue weighted by molar-refractivity contribution is 0.0935. The zero-order valence-corrected chi connectivity index (χ0v) is 13.4. The summed E-state index contributed by atoms with van der Waals surface area (Å²) in [5.41, 5.74) is 1.85. The van der Waals surface area contributed by atoms with Crippen LogP contribution in [-0.2, 0) is 7.05 Å². The number of aromatic nitrogens is 2. The third-order valence-electron chi connectivity index (χ3n) is 3.90. The molecule has 0 saturated carbocycles. The van der Waals surface area contributed by atoms with Crippen LogP contribution in [0.15, 0.2) is 30.7 Å². The Morgan fingerprint density at radius 2 is 2.35 bits per heavy atom. The van der Waals surface area contributed by atoms with Crippen LogP contribution in [0.25, 0.3) is 0 Å². The fourth-order valence-corrected chi connectivity index (χ4v) is 2.91. The number of benzene rings is 1. The molecule has 6 nitrogen and oxygen atoms in total. The largest absolute Gasteiger partial charge is 0.369 e. The van der Waals surface area contributed by atoms with Crippen molar-refractivity contribution in [2.45, 2.75) is 12.5 Å². The molecular formula is C16H16ClN5O. The normalized spacial score (nSPS) is 17.1. The molecule has 1 N–H and O–H groups in total. The van der Waals surface area contributed by atoms with Crippen LogP contribution in [0.1, 0.15) is 22.5 Å². The molecule has 0 radical (unpaired) electrons. The Bertz CT molecular complexity index is 779. The number of carbonyl (C=O) groups is 1. The van der Waals surface area contributed by atoms with Gasteiger partial charge in [-0.3, -0.25) is 4.79 Å². The van der Waals surface area contributed by atoms with E-state index in [1.165, 1.54) is 0 Å². The van der Waals surface area contributed by atoms with E-state index in [2.05, 4.69) is 21.3 Å². The first-order valence-corrected chi connectivity index (χ1v) is 7.68. The Morgan fingerprint density at radius 3 is 3.00 bits per heavy atom. The van der Waals surface area contributed by atoms with Crippen LogP contribution in [0.5, 0.6) is 0 Å². The smallest absolute Gasteiger partial charge is 0.271 e. The molecule has 1 aliphatic rings. The summed E-state index contributed by atoms with van der Waals surface area (Å²) in [6, 6.07) is 7.52.